The molecule has 6 nitrogen and oxygen atoms in total. The molecule has 3 aromatic heterocycles. The number of hydrogen-bond donors (Lipinski definition) is 1. The molecule has 0 saturated heterocycles. The Morgan fingerprint density at radius 2 is 1.96 bits per heavy atom. The van der Waals surface area contributed by atoms with Gasteiger partial charge in [0.2, 0.25) is 4.74 Å². The predicted octanol–water partition coefficient (Wildman–Crippen LogP) is 2.67. The number of rotatable bonds is 5. The van der Waals surface area contributed by atoms with Crippen LogP contribution in [0.2, 0.25) is 0 Å². The molecule has 4 rings (SSSR count). The third-order valence-electron chi connectivity index (χ3n) is 4.14. The van der Waals surface area contributed by atoms with Crippen LogP contribution in [0.25, 0.3) is 16.4 Å². The maximum absolute atomic E-state index is 12.3. The van der Waals surface area contributed by atoms with Gasteiger partial charge in [-0.05, 0) is 36.1 Å². The van der Waals surface area contributed by atoms with E-state index in [0.29, 0.717) is 23.2 Å². The number of nitrogens with zero attached hydrogens (tertiary/aromatic N) is 3. The minimum Gasteiger partial charge on any atom is -0.351 e. The van der Waals surface area contributed by atoms with Gasteiger partial charge in [0.1, 0.15) is 5.82 Å². The number of aromatic nitrogens is 3. The first-order valence-electron chi connectivity index (χ1n) is 8.32. The van der Waals surface area contributed by atoms with E-state index in [9.17, 15) is 9.59 Å². The van der Waals surface area contributed by atoms with Crippen LogP contribution in [-0.4, -0.2) is 27.0 Å². The van der Waals surface area contributed by atoms with Crippen molar-refractivity contribution < 1.29 is 4.79 Å². The van der Waals surface area contributed by atoms with Gasteiger partial charge in [0.05, 0.1) is 4.88 Å². The Balaban J connectivity index is 1.39. The summed E-state index contributed by atoms with van der Waals surface area (Å²) in [5, 5.41) is 12.6. The molecule has 0 bridgehead atoms. The summed E-state index contributed by atoms with van der Waals surface area (Å²) in [6.45, 7) is 0.508. The minimum absolute atomic E-state index is 0.0943. The van der Waals surface area contributed by atoms with Gasteiger partial charge in [0.15, 0.2) is 5.65 Å². The van der Waals surface area contributed by atoms with Gasteiger partial charge in [-0.15, -0.1) is 10.2 Å². The highest BCUT2D eigenvalue weighted by molar-refractivity contribution is 7.12. The van der Waals surface area contributed by atoms with Crippen LogP contribution >= 0.6 is 11.3 Å². The standard InChI is InChI=1S/C19H16N4O2S/c24-18(15-12-13-6-1-2-7-14(13)19(25)26-15)20-10-5-9-17-22-21-16-8-3-4-11-23(16)17/h1-4,6-8,11-12H,5,9-10H2,(H,20,24). The van der Waals surface area contributed by atoms with Crippen LogP contribution in [0.5, 0.6) is 0 Å². The maximum atomic E-state index is 12.3. The zero-order chi connectivity index (χ0) is 17.9. The summed E-state index contributed by atoms with van der Waals surface area (Å²) in [7, 11) is 0. The van der Waals surface area contributed by atoms with Gasteiger partial charge in [-0.1, -0.05) is 35.6 Å². The molecule has 1 N–H and O–H groups in total. The number of carbonyl (C=O) groups is 1. The van der Waals surface area contributed by atoms with Crippen LogP contribution in [0.1, 0.15) is 21.9 Å². The van der Waals surface area contributed by atoms with Crippen molar-refractivity contribution in [1.82, 2.24) is 19.9 Å². The molecule has 0 atom stereocenters. The molecule has 0 aliphatic rings. The fraction of sp³-hybridized carbons (Fsp3) is 0.158. The number of pyridine rings is 1. The Morgan fingerprint density at radius 3 is 2.88 bits per heavy atom. The van der Waals surface area contributed by atoms with E-state index in [4.69, 9.17) is 0 Å². The van der Waals surface area contributed by atoms with Crippen LogP contribution in [0.15, 0.2) is 59.5 Å². The van der Waals surface area contributed by atoms with Crippen molar-refractivity contribution in [2.45, 2.75) is 12.8 Å². The largest absolute Gasteiger partial charge is 0.351 e. The van der Waals surface area contributed by atoms with Gasteiger partial charge in [-0.2, -0.15) is 0 Å². The van der Waals surface area contributed by atoms with Crippen LogP contribution in [-0.2, 0) is 6.42 Å². The number of aryl methyl sites for hydroxylation is 1. The minimum atomic E-state index is -0.219. The average Bonchev–Trinajstić information content (AvgIpc) is 3.08. The fourth-order valence-electron chi connectivity index (χ4n) is 2.84. The van der Waals surface area contributed by atoms with Gasteiger partial charge in [0, 0.05) is 24.5 Å². The molecular weight excluding hydrogens is 348 g/mol. The number of benzene rings is 1. The molecule has 1 amide bonds. The Morgan fingerprint density at radius 1 is 1.12 bits per heavy atom. The molecule has 0 aliphatic heterocycles. The average molecular weight is 364 g/mol. The molecule has 0 radical (unpaired) electrons. The predicted molar refractivity (Wildman–Crippen MR) is 102 cm³/mol. The van der Waals surface area contributed by atoms with Crippen LogP contribution in [0.3, 0.4) is 0 Å². The summed E-state index contributed by atoms with van der Waals surface area (Å²) >= 11 is 0.979. The summed E-state index contributed by atoms with van der Waals surface area (Å²) in [6, 6.07) is 14.8. The number of amides is 1. The van der Waals surface area contributed by atoms with Crippen molar-refractivity contribution in [1.29, 1.82) is 0 Å². The van der Waals surface area contributed by atoms with Crippen molar-refractivity contribution in [3.63, 3.8) is 0 Å². The number of carbonyl (C=O) groups excluding carboxylic acids is 1. The monoisotopic (exact) mass is 364 g/mol. The lowest BCUT2D eigenvalue weighted by Gasteiger charge is -2.05. The van der Waals surface area contributed by atoms with Gasteiger partial charge < -0.3 is 5.32 Å². The molecule has 1 aromatic carbocycles. The lowest BCUT2D eigenvalue weighted by Crippen LogP contribution is -2.25. The molecule has 0 aliphatic carbocycles. The smallest absolute Gasteiger partial charge is 0.261 e. The number of fused-ring (bicyclic) bond motifs is 2. The van der Waals surface area contributed by atoms with Crippen molar-refractivity contribution in [3.05, 3.63) is 75.0 Å². The fourth-order valence-corrected chi connectivity index (χ4v) is 3.69. The molecule has 3 heterocycles. The molecule has 130 valence electrons. The van der Waals surface area contributed by atoms with Crippen molar-refractivity contribution in [3.8, 4) is 0 Å². The molecule has 0 spiro atoms. The first-order valence-corrected chi connectivity index (χ1v) is 9.14. The van der Waals surface area contributed by atoms with Crippen molar-refractivity contribution in [2.75, 3.05) is 6.54 Å². The second-order valence-corrected chi connectivity index (χ2v) is 6.90. The third kappa shape index (κ3) is 3.21. The quantitative estimate of drug-likeness (QED) is 0.553. The number of nitrogens with one attached hydrogen (secondary N) is 1. The Labute approximate surface area is 153 Å². The van der Waals surface area contributed by atoms with Crippen LogP contribution < -0.4 is 10.1 Å². The molecule has 26 heavy (non-hydrogen) atoms. The van der Waals surface area contributed by atoms with E-state index in [2.05, 4.69) is 15.5 Å². The third-order valence-corrected chi connectivity index (χ3v) is 5.07. The molecule has 0 saturated carbocycles. The van der Waals surface area contributed by atoms with Gasteiger partial charge in [-0.25, -0.2) is 0 Å². The molecule has 4 aromatic rings. The first-order chi connectivity index (χ1) is 12.7. The second kappa shape index (κ2) is 7.05. The molecular formula is C19H16N4O2S. The Bertz CT molecular complexity index is 1150. The maximum Gasteiger partial charge on any atom is 0.261 e. The van der Waals surface area contributed by atoms with Crippen LogP contribution in [0.4, 0.5) is 0 Å². The van der Waals surface area contributed by atoms with E-state index in [1.54, 1.807) is 12.1 Å². The summed E-state index contributed by atoms with van der Waals surface area (Å²) in [6.07, 6.45) is 3.37. The lowest BCUT2D eigenvalue weighted by atomic mass is 10.2. The zero-order valence-electron chi connectivity index (χ0n) is 13.9. The lowest BCUT2D eigenvalue weighted by molar-refractivity contribution is 0.0957. The highest BCUT2D eigenvalue weighted by Gasteiger charge is 2.10. The van der Waals surface area contributed by atoms with E-state index in [1.165, 1.54) is 0 Å². The molecule has 0 fully saturated rings. The van der Waals surface area contributed by atoms with E-state index in [1.807, 2.05) is 47.0 Å². The highest BCUT2D eigenvalue weighted by Crippen LogP contribution is 2.15. The van der Waals surface area contributed by atoms with Crippen molar-refractivity contribution >= 4 is 33.7 Å². The van der Waals surface area contributed by atoms with E-state index in [0.717, 1.165) is 34.6 Å². The van der Waals surface area contributed by atoms with E-state index < -0.39 is 0 Å². The van der Waals surface area contributed by atoms with Gasteiger partial charge in [0.25, 0.3) is 5.91 Å². The number of hydrogen-bond acceptors (Lipinski definition) is 5. The first kappa shape index (κ1) is 16.4. The van der Waals surface area contributed by atoms with Crippen LogP contribution in [0, 0.1) is 0 Å². The molecule has 0 unspecified atom stereocenters. The second-order valence-electron chi connectivity index (χ2n) is 5.89. The van der Waals surface area contributed by atoms with Gasteiger partial charge >= 0.3 is 0 Å². The summed E-state index contributed by atoms with van der Waals surface area (Å²) in [4.78, 5) is 24.9. The highest BCUT2D eigenvalue weighted by atomic mass is 32.1. The molecule has 7 heteroatoms. The van der Waals surface area contributed by atoms with E-state index >= 15 is 0 Å². The van der Waals surface area contributed by atoms with Crippen molar-refractivity contribution in [2.24, 2.45) is 0 Å². The van der Waals surface area contributed by atoms with Gasteiger partial charge in [-0.3, -0.25) is 14.0 Å². The summed E-state index contributed by atoms with van der Waals surface area (Å²) in [5.41, 5.74) is 0.812. The summed E-state index contributed by atoms with van der Waals surface area (Å²) in [5.74, 6) is 0.647. The SMILES string of the molecule is O=C(NCCCc1nnc2ccccn12)c1cc2ccccc2c(=O)s1. The topological polar surface area (TPSA) is 76.4 Å². The van der Waals surface area contributed by atoms with E-state index in [-0.39, 0.29) is 10.6 Å². The Kier molecular flexibility index (Phi) is 4.45. The summed E-state index contributed by atoms with van der Waals surface area (Å²) < 4.78 is 1.85. The Hall–Kier alpha value is -3.06. The zero-order valence-corrected chi connectivity index (χ0v) is 14.7. The normalized spacial score (nSPS) is 11.1.